The van der Waals surface area contributed by atoms with Crippen molar-refractivity contribution < 1.29 is 59.7 Å². The SMILES string of the molecule is [H-].[H-].[H-].[Li+].[Mg+2].[Mn].[Zn]. The second-order valence-corrected chi connectivity index (χ2v) is 0. The summed E-state index contributed by atoms with van der Waals surface area (Å²) in [7, 11) is 0. The van der Waals surface area contributed by atoms with Crippen molar-refractivity contribution >= 4 is 23.1 Å². The van der Waals surface area contributed by atoms with Crippen molar-refractivity contribution in [2.75, 3.05) is 0 Å². The van der Waals surface area contributed by atoms with Crippen LogP contribution in [0.1, 0.15) is 4.28 Å². The van der Waals surface area contributed by atoms with E-state index in [1.165, 1.54) is 0 Å². The maximum atomic E-state index is 0. The van der Waals surface area contributed by atoms with E-state index in [1.807, 2.05) is 0 Å². The molecule has 0 aliphatic heterocycles. The molecule has 0 spiro atoms. The first-order valence-electron chi connectivity index (χ1n) is 0. The Balaban J connectivity index is 0. The van der Waals surface area contributed by atoms with E-state index in [1.54, 1.807) is 0 Å². The van der Waals surface area contributed by atoms with Gasteiger partial charge in [0.1, 0.15) is 0 Å². The molecular formula is H3LiMgMnZn. The molecule has 0 N–H and O–H groups in total. The monoisotopic (exact) mass is 153 g/mol. The van der Waals surface area contributed by atoms with E-state index in [4.69, 9.17) is 0 Å². The van der Waals surface area contributed by atoms with Crippen LogP contribution in [-0.4, -0.2) is 23.1 Å². The molecule has 4 heteroatoms. The standard InChI is InChI=1S/Li.Mg.Mn.Zn.3H/q+1;+2;;;3*-1. The molecule has 0 nitrogen and oxygen atoms in total. The molecule has 0 atom stereocenters. The Labute approximate surface area is 81.9 Å². The fourth-order valence-electron chi connectivity index (χ4n) is 0. The van der Waals surface area contributed by atoms with Gasteiger partial charge in [-0.1, -0.05) is 0 Å². The van der Waals surface area contributed by atoms with Crippen LogP contribution in [0.2, 0.25) is 0 Å². The number of hydrogen-bond acceptors (Lipinski definition) is 0. The molecule has 0 aromatic carbocycles. The molecule has 0 aromatic rings. The first-order chi connectivity index (χ1) is 0. The van der Waals surface area contributed by atoms with Crippen molar-refractivity contribution in [2.24, 2.45) is 0 Å². The molecular weight excluding hydrogens is 152 g/mol. The summed E-state index contributed by atoms with van der Waals surface area (Å²) < 4.78 is 0. The van der Waals surface area contributed by atoms with Crippen molar-refractivity contribution in [1.29, 1.82) is 0 Å². The van der Waals surface area contributed by atoms with Gasteiger partial charge < -0.3 is 4.28 Å². The van der Waals surface area contributed by atoms with E-state index in [0.29, 0.717) is 0 Å². The minimum absolute atomic E-state index is 0. The van der Waals surface area contributed by atoms with Gasteiger partial charge >= 0.3 is 41.9 Å². The number of rotatable bonds is 0. The van der Waals surface area contributed by atoms with Crippen LogP contribution in [0.25, 0.3) is 0 Å². The van der Waals surface area contributed by atoms with Crippen LogP contribution in [0, 0.1) is 0 Å². The van der Waals surface area contributed by atoms with Crippen LogP contribution in [-0.2, 0) is 36.5 Å². The third-order valence-electron chi connectivity index (χ3n) is 0. The van der Waals surface area contributed by atoms with Gasteiger partial charge in [-0.2, -0.15) is 0 Å². The summed E-state index contributed by atoms with van der Waals surface area (Å²) in [5.41, 5.74) is 0. The summed E-state index contributed by atoms with van der Waals surface area (Å²) in [4.78, 5) is 0. The van der Waals surface area contributed by atoms with Gasteiger partial charge in [-0.15, -0.1) is 0 Å². The van der Waals surface area contributed by atoms with Gasteiger partial charge in [0, 0.05) is 36.5 Å². The molecule has 0 unspecified atom stereocenters. The van der Waals surface area contributed by atoms with Gasteiger partial charge in [-0.25, -0.2) is 0 Å². The Morgan fingerprint density at radius 2 is 1.25 bits per heavy atom. The molecule has 0 aliphatic carbocycles. The minimum Gasteiger partial charge on any atom is -1.00 e. The van der Waals surface area contributed by atoms with Crippen molar-refractivity contribution in [3.05, 3.63) is 0 Å². The third-order valence-corrected chi connectivity index (χ3v) is 0. The fraction of sp³-hybridized carbons (Fsp3) is 0. The molecule has 0 bridgehead atoms. The molecule has 0 heterocycles. The zero-order valence-electron chi connectivity index (χ0n) is 5.79. The molecule has 1 radical (unpaired) electrons. The minimum atomic E-state index is 0. The first kappa shape index (κ1) is 31.4. The van der Waals surface area contributed by atoms with Gasteiger partial charge in [0.25, 0.3) is 0 Å². The van der Waals surface area contributed by atoms with Crippen molar-refractivity contribution in [3.63, 3.8) is 0 Å². The van der Waals surface area contributed by atoms with Crippen LogP contribution in [0.5, 0.6) is 0 Å². The van der Waals surface area contributed by atoms with Crippen molar-refractivity contribution in [2.45, 2.75) is 0 Å². The van der Waals surface area contributed by atoms with Crippen molar-refractivity contribution in [3.8, 4) is 0 Å². The van der Waals surface area contributed by atoms with E-state index in [-0.39, 0.29) is 82.7 Å². The Morgan fingerprint density at radius 3 is 1.25 bits per heavy atom. The molecule has 0 aromatic heterocycles. The Morgan fingerprint density at radius 1 is 1.25 bits per heavy atom. The predicted octanol–water partition coefficient (Wildman–Crippen LogP) is -3.04. The molecule has 0 aliphatic rings. The Bertz CT molecular complexity index is 14.9. The Kier molecular flexibility index (Phi) is 140. The average molecular weight is 155 g/mol. The molecule has 0 rings (SSSR count). The van der Waals surface area contributed by atoms with E-state index >= 15 is 0 Å². The van der Waals surface area contributed by atoms with Gasteiger partial charge in [-0.05, 0) is 0 Å². The summed E-state index contributed by atoms with van der Waals surface area (Å²) in [5, 5.41) is 0. The van der Waals surface area contributed by atoms with Gasteiger partial charge in [-0.3, -0.25) is 0 Å². The molecule has 4 heavy (non-hydrogen) atoms. The third kappa shape index (κ3) is 8.82. The fourth-order valence-corrected chi connectivity index (χ4v) is 0. The van der Waals surface area contributed by atoms with Crippen LogP contribution in [0.15, 0.2) is 0 Å². The smallest absolute Gasteiger partial charge is 1.00 e. The predicted molar refractivity (Wildman–Crippen MR) is 9.09 cm³/mol. The second kappa shape index (κ2) is 17.8. The normalized spacial score (nSPS) is 0. The Hall–Kier alpha value is 2.51. The topological polar surface area (TPSA) is 0 Å². The molecule has 0 saturated carbocycles. The molecule has 15 valence electrons. The largest absolute Gasteiger partial charge is 2.00 e. The summed E-state index contributed by atoms with van der Waals surface area (Å²) in [6, 6.07) is 0. The van der Waals surface area contributed by atoms with Crippen molar-refractivity contribution in [1.82, 2.24) is 0 Å². The molecule has 0 amide bonds. The summed E-state index contributed by atoms with van der Waals surface area (Å²) in [6.45, 7) is 0. The van der Waals surface area contributed by atoms with E-state index < -0.39 is 0 Å². The number of hydrogen-bond donors (Lipinski definition) is 0. The first-order valence-corrected chi connectivity index (χ1v) is 0. The maximum absolute atomic E-state index is 0. The molecule has 0 fully saturated rings. The van der Waals surface area contributed by atoms with Gasteiger partial charge in [0.05, 0.1) is 0 Å². The summed E-state index contributed by atoms with van der Waals surface area (Å²) in [5.74, 6) is 0. The summed E-state index contributed by atoms with van der Waals surface area (Å²) in [6.07, 6.45) is 0. The quantitative estimate of drug-likeness (QED) is 0.326. The van der Waals surface area contributed by atoms with E-state index in [2.05, 4.69) is 0 Å². The van der Waals surface area contributed by atoms with E-state index in [9.17, 15) is 0 Å². The van der Waals surface area contributed by atoms with E-state index in [0.717, 1.165) is 0 Å². The van der Waals surface area contributed by atoms with Gasteiger partial charge in [0.15, 0.2) is 0 Å². The average Bonchev–Trinajstić information content (AvgIpc) is 0. The van der Waals surface area contributed by atoms with Crippen LogP contribution in [0.4, 0.5) is 0 Å². The molecule has 0 saturated heterocycles. The zero-order chi connectivity index (χ0) is 0. The van der Waals surface area contributed by atoms with Crippen LogP contribution in [0.3, 0.4) is 0 Å². The van der Waals surface area contributed by atoms with Crippen LogP contribution >= 0.6 is 0 Å². The van der Waals surface area contributed by atoms with Crippen LogP contribution < -0.4 is 18.9 Å². The maximum Gasteiger partial charge on any atom is 2.00 e. The van der Waals surface area contributed by atoms with Gasteiger partial charge in [0.2, 0.25) is 0 Å². The second-order valence-electron chi connectivity index (χ2n) is 0. The summed E-state index contributed by atoms with van der Waals surface area (Å²) >= 11 is 0. The zero-order valence-corrected chi connectivity index (χ0v) is 8.35.